The minimum atomic E-state index is -0.488. The van der Waals surface area contributed by atoms with Gasteiger partial charge in [0.2, 0.25) is 5.91 Å². The lowest BCUT2D eigenvalue weighted by Gasteiger charge is -2.43. The number of carbonyl (C=O) groups excluding carboxylic acids is 1. The molecule has 2 aromatic carbocycles. The molecule has 2 N–H and O–H groups in total. The molecule has 0 aromatic heterocycles. The lowest BCUT2D eigenvalue weighted by molar-refractivity contribution is -0.276. The van der Waals surface area contributed by atoms with E-state index in [1.165, 1.54) is 32.6 Å². The third kappa shape index (κ3) is 6.62. The Balaban J connectivity index is 1.57. The molecule has 1 aliphatic carbocycles. The molecular weight excluding hydrogens is 452 g/mol. The first-order valence-electron chi connectivity index (χ1n) is 13.2. The first kappa shape index (κ1) is 26.6. The van der Waals surface area contributed by atoms with Crippen LogP contribution < -0.4 is 5.32 Å². The van der Waals surface area contributed by atoms with Gasteiger partial charge in [-0.3, -0.25) is 9.69 Å². The largest absolute Gasteiger partial charge is 0.392 e. The fourth-order valence-electron chi connectivity index (χ4n) is 5.39. The zero-order valence-corrected chi connectivity index (χ0v) is 21.6. The number of benzene rings is 2. The second kappa shape index (κ2) is 12.6. The summed E-state index contributed by atoms with van der Waals surface area (Å²) in [4.78, 5) is 13.8. The molecule has 1 heterocycles. The number of amides is 1. The van der Waals surface area contributed by atoms with E-state index in [0.29, 0.717) is 12.6 Å². The van der Waals surface area contributed by atoms with Crippen LogP contribution in [0.2, 0.25) is 0 Å². The molecule has 0 radical (unpaired) electrons. The Morgan fingerprint density at radius 2 is 1.69 bits per heavy atom. The standard InChI is InChI=1S/C30H40N2O4/c1-4-17-32(27-7-5-6-8-27)19-28-21(2)29(25-13-11-24(20-33)12-14-25)36-30(35-28)26-15-9-23(10-16-26)18-31-22(3)34/h4,9-16,21,27-30,33H,1,5-8,17-20H2,2-3H3,(H,31,34)/t21-,28+,29+,30+/m1/s1. The minimum absolute atomic E-state index is 0.00845. The van der Waals surface area contributed by atoms with Gasteiger partial charge >= 0.3 is 0 Å². The normalized spacial score (nSPS) is 24.7. The number of aliphatic hydroxyl groups excluding tert-OH is 1. The Hall–Kier alpha value is -2.51. The Bertz CT molecular complexity index is 985. The van der Waals surface area contributed by atoms with Crippen molar-refractivity contribution in [2.24, 2.45) is 5.92 Å². The van der Waals surface area contributed by atoms with Crippen molar-refractivity contribution in [3.63, 3.8) is 0 Å². The van der Waals surface area contributed by atoms with Gasteiger partial charge in [-0.05, 0) is 29.5 Å². The molecule has 1 amide bonds. The molecule has 4 atom stereocenters. The predicted molar refractivity (Wildman–Crippen MR) is 141 cm³/mol. The van der Waals surface area contributed by atoms with Gasteiger partial charge in [0, 0.05) is 44.1 Å². The number of hydrogen-bond donors (Lipinski definition) is 2. The number of ether oxygens (including phenoxy) is 2. The van der Waals surface area contributed by atoms with Crippen LogP contribution >= 0.6 is 0 Å². The molecule has 2 aromatic rings. The van der Waals surface area contributed by atoms with Gasteiger partial charge in [0.25, 0.3) is 0 Å². The predicted octanol–water partition coefficient (Wildman–Crippen LogP) is 5.04. The number of carbonyl (C=O) groups is 1. The number of aliphatic hydroxyl groups is 1. The van der Waals surface area contributed by atoms with Crippen molar-refractivity contribution in [3.05, 3.63) is 83.4 Å². The molecular formula is C30H40N2O4. The van der Waals surface area contributed by atoms with Gasteiger partial charge in [0.05, 0.1) is 18.8 Å². The van der Waals surface area contributed by atoms with E-state index in [2.05, 4.69) is 35.9 Å². The van der Waals surface area contributed by atoms with Crippen LogP contribution in [0.15, 0.2) is 61.2 Å². The van der Waals surface area contributed by atoms with Crippen molar-refractivity contribution in [1.29, 1.82) is 0 Å². The van der Waals surface area contributed by atoms with Crippen molar-refractivity contribution in [3.8, 4) is 0 Å². The molecule has 0 unspecified atom stereocenters. The van der Waals surface area contributed by atoms with Crippen LogP contribution in [0, 0.1) is 5.92 Å². The second-order valence-electron chi connectivity index (χ2n) is 10.2. The molecule has 1 aliphatic heterocycles. The van der Waals surface area contributed by atoms with Crippen LogP contribution in [-0.2, 0) is 27.4 Å². The molecule has 4 rings (SSSR count). The van der Waals surface area contributed by atoms with Gasteiger partial charge in [-0.25, -0.2) is 0 Å². The summed E-state index contributed by atoms with van der Waals surface area (Å²) in [7, 11) is 0. The van der Waals surface area contributed by atoms with E-state index < -0.39 is 6.29 Å². The molecule has 194 valence electrons. The topological polar surface area (TPSA) is 71.0 Å². The number of nitrogens with zero attached hydrogens (tertiary/aromatic N) is 1. The van der Waals surface area contributed by atoms with Gasteiger partial charge < -0.3 is 19.9 Å². The average molecular weight is 493 g/mol. The molecule has 2 fully saturated rings. The van der Waals surface area contributed by atoms with Gasteiger partial charge in [-0.2, -0.15) is 0 Å². The number of nitrogens with one attached hydrogen (secondary N) is 1. The van der Waals surface area contributed by atoms with Crippen molar-refractivity contribution < 1.29 is 19.4 Å². The fraction of sp³-hybridized carbons (Fsp3) is 0.500. The van der Waals surface area contributed by atoms with Gasteiger partial charge in [-0.1, -0.05) is 74.4 Å². The van der Waals surface area contributed by atoms with E-state index in [1.54, 1.807) is 0 Å². The van der Waals surface area contributed by atoms with Crippen molar-refractivity contribution >= 4 is 5.91 Å². The maximum absolute atomic E-state index is 11.3. The molecule has 0 spiro atoms. The second-order valence-corrected chi connectivity index (χ2v) is 10.2. The van der Waals surface area contributed by atoms with Crippen LogP contribution in [-0.4, -0.2) is 41.1 Å². The maximum atomic E-state index is 11.3. The smallest absolute Gasteiger partial charge is 0.217 e. The summed E-state index contributed by atoms with van der Waals surface area (Å²) >= 11 is 0. The highest BCUT2D eigenvalue weighted by molar-refractivity contribution is 5.72. The van der Waals surface area contributed by atoms with Crippen LogP contribution in [0.3, 0.4) is 0 Å². The first-order chi connectivity index (χ1) is 17.5. The summed E-state index contributed by atoms with van der Waals surface area (Å²) in [5.41, 5.74) is 3.98. The van der Waals surface area contributed by atoms with Gasteiger partial charge in [0.15, 0.2) is 6.29 Å². The van der Waals surface area contributed by atoms with Crippen LogP contribution in [0.5, 0.6) is 0 Å². The van der Waals surface area contributed by atoms with E-state index in [0.717, 1.165) is 35.3 Å². The first-order valence-corrected chi connectivity index (χ1v) is 13.2. The zero-order valence-electron chi connectivity index (χ0n) is 21.6. The molecule has 36 heavy (non-hydrogen) atoms. The molecule has 0 bridgehead atoms. The highest BCUT2D eigenvalue weighted by Gasteiger charge is 2.40. The highest BCUT2D eigenvalue weighted by Crippen LogP contribution is 2.42. The maximum Gasteiger partial charge on any atom is 0.217 e. The summed E-state index contributed by atoms with van der Waals surface area (Å²) in [5.74, 6) is 0.102. The molecule has 1 saturated heterocycles. The van der Waals surface area contributed by atoms with Crippen LogP contribution in [0.25, 0.3) is 0 Å². The van der Waals surface area contributed by atoms with E-state index in [1.807, 2.05) is 42.5 Å². The number of hydrogen-bond acceptors (Lipinski definition) is 5. The Morgan fingerprint density at radius 3 is 2.31 bits per heavy atom. The van der Waals surface area contributed by atoms with Crippen LogP contribution in [0.4, 0.5) is 0 Å². The quantitative estimate of drug-likeness (QED) is 0.455. The van der Waals surface area contributed by atoms with Crippen molar-refractivity contribution in [2.75, 3.05) is 13.1 Å². The molecule has 6 nitrogen and oxygen atoms in total. The highest BCUT2D eigenvalue weighted by atomic mass is 16.7. The molecule has 6 heteroatoms. The lowest BCUT2D eigenvalue weighted by Crippen LogP contribution is -2.47. The summed E-state index contributed by atoms with van der Waals surface area (Å²) in [6, 6.07) is 16.7. The Kier molecular flexibility index (Phi) is 9.32. The van der Waals surface area contributed by atoms with Crippen LogP contribution in [0.1, 0.15) is 74.2 Å². The van der Waals surface area contributed by atoms with Crippen molar-refractivity contribution in [2.45, 2.75) is 77.2 Å². The van der Waals surface area contributed by atoms with E-state index >= 15 is 0 Å². The van der Waals surface area contributed by atoms with E-state index in [9.17, 15) is 9.90 Å². The monoisotopic (exact) mass is 492 g/mol. The zero-order chi connectivity index (χ0) is 25.5. The molecule has 2 aliphatic rings. The third-order valence-electron chi connectivity index (χ3n) is 7.54. The summed E-state index contributed by atoms with van der Waals surface area (Å²) in [6.45, 7) is 9.96. The third-order valence-corrected chi connectivity index (χ3v) is 7.54. The van der Waals surface area contributed by atoms with E-state index in [-0.39, 0.29) is 30.6 Å². The van der Waals surface area contributed by atoms with Crippen molar-refractivity contribution in [1.82, 2.24) is 10.2 Å². The fourth-order valence-corrected chi connectivity index (χ4v) is 5.39. The van der Waals surface area contributed by atoms with Gasteiger partial charge in [-0.15, -0.1) is 6.58 Å². The number of rotatable bonds is 10. The Labute approximate surface area is 215 Å². The Morgan fingerprint density at radius 1 is 1.06 bits per heavy atom. The molecule has 1 saturated carbocycles. The summed E-state index contributed by atoms with van der Waals surface area (Å²) < 4.78 is 13.2. The SMILES string of the molecule is C=CCN(C[C@@H]1O[C@H](c2ccc(CNC(C)=O)cc2)O[C@H](c2ccc(CO)cc2)[C@@H]1C)C1CCCC1. The minimum Gasteiger partial charge on any atom is -0.392 e. The summed E-state index contributed by atoms with van der Waals surface area (Å²) in [6.07, 6.45) is 6.41. The lowest BCUT2D eigenvalue weighted by atomic mass is 9.89. The van der Waals surface area contributed by atoms with E-state index in [4.69, 9.17) is 9.47 Å². The average Bonchev–Trinajstić information content (AvgIpc) is 3.44. The van der Waals surface area contributed by atoms with Gasteiger partial charge in [0.1, 0.15) is 0 Å². The summed E-state index contributed by atoms with van der Waals surface area (Å²) in [5, 5.41) is 12.3.